The minimum atomic E-state index is -0.405. The predicted molar refractivity (Wildman–Crippen MR) is 64.3 cm³/mol. The van der Waals surface area contributed by atoms with E-state index in [1.807, 2.05) is 0 Å². The molecule has 0 unspecified atom stereocenters. The van der Waals surface area contributed by atoms with Gasteiger partial charge in [0, 0.05) is 20.0 Å². The molecule has 1 aromatic rings. The highest BCUT2D eigenvalue weighted by atomic mass is 16.5. The molecule has 0 saturated heterocycles. The molecule has 1 aliphatic rings. The Morgan fingerprint density at radius 3 is 2.94 bits per heavy atom. The second kappa shape index (κ2) is 4.45. The Hall–Kier alpha value is -2.04. The van der Waals surface area contributed by atoms with Crippen molar-refractivity contribution in [2.75, 3.05) is 30.9 Å². The zero-order valence-electron chi connectivity index (χ0n) is 9.82. The number of esters is 1. The van der Waals surface area contributed by atoms with Crippen LogP contribution in [0.25, 0.3) is 0 Å². The second-order valence-corrected chi connectivity index (χ2v) is 3.85. The van der Waals surface area contributed by atoms with Crippen molar-refractivity contribution in [1.29, 1.82) is 0 Å². The largest absolute Gasteiger partial charge is 0.465 e. The van der Waals surface area contributed by atoms with Gasteiger partial charge in [-0.3, -0.25) is 4.79 Å². The lowest BCUT2D eigenvalue weighted by molar-refractivity contribution is -0.118. The highest BCUT2D eigenvalue weighted by Gasteiger charge is 2.20. The second-order valence-electron chi connectivity index (χ2n) is 3.85. The molecule has 90 valence electrons. The van der Waals surface area contributed by atoms with Crippen LogP contribution in [0.5, 0.6) is 0 Å². The van der Waals surface area contributed by atoms with Crippen molar-refractivity contribution in [2.24, 2.45) is 0 Å². The van der Waals surface area contributed by atoms with Crippen LogP contribution >= 0.6 is 0 Å². The number of ether oxygens (including phenoxy) is 1. The molecule has 0 aromatic heterocycles. The maximum absolute atomic E-state index is 11.7. The van der Waals surface area contributed by atoms with E-state index in [9.17, 15) is 9.59 Å². The third-order valence-electron chi connectivity index (χ3n) is 2.81. The van der Waals surface area contributed by atoms with E-state index in [0.29, 0.717) is 24.2 Å². The first kappa shape index (κ1) is 11.4. The molecule has 0 radical (unpaired) electrons. The number of fused-ring (bicyclic) bond motifs is 1. The average molecular weight is 234 g/mol. The number of hydrogen-bond acceptors (Lipinski definition) is 4. The molecule has 0 fully saturated rings. The van der Waals surface area contributed by atoms with E-state index in [-0.39, 0.29) is 5.91 Å². The third-order valence-corrected chi connectivity index (χ3v) is 2.81. The lowest BCUT2D eigenvalue weighted by Crippen LogP contribution is -2.25. The molecule has 0 aliphatic carbocycles. The lowest BCUT2D eigenvalue weighted by Gasteiger charge is -2.17. The van der Waals surface area contributed by atoms with Gasteiger partial charge in [0.05, 0.1) is 24.0 Å². The van der Waals surface area contributed by atoms with E-state index >= 15 is 0 Å². The zero-order chi connectivity index (χ0) is 12.4. The van der Waals surface area contributed by atoms with Gasteiger partial charge < -0.3 is 15.0 Å². The maximum atomic E-state index is 11.7. The topological polar surface area (TPSA) is 58.6 Å². The van der Waals surface area contributed by atoms with Crippen LogP contribution in [-0.2, 0) is 9.53 Å². The van der Waals surface area contributed by atoms with Crippen molar-refractivity contribution in [3.8, 4) is 0 Å². The number of amides is 1. The summed E-state index contributed by atoms with van der Waals surface area (Å²) in [4.78, 5) is 24.7. The fourth-order valence-corrected chi connectivity index (χ4v) is 1.81. The van der Waals surface area contributed by atoms with E-state index in [1.54, 1.807) is 30.1 Å². The molecular formula is C12H14N2O3. The quantitative estimate of drug-likeness (QED) is 0.743. The number of rotatable bonds is 1. The van der Waals surface area contributed by atoms with Gasteiger partial charge in [-0.05, 0) is 18.2 Å². The van der Waals surface area contributed by atoms with Crippen LogP contribution in [0.3, 0.4) is 0 Å². The van der Waals surface area contributed by atoms with E-state index in [4.69, 9.17) is 0 Å². The summed E-state index contributed by atoms with van der Waals surface area (Å²) < 4.78 is 4.66. The van der Waals surface area contributed by atoms with Crippen LogP contribution in [0.15, 0.2) is 18.2 Å². The molecule has 1 heterocycles. The molecule has 5 heteroatoms. The Bertz CT molecular complexity index is 471. The Morgan fingerprint density at radius 1 is 1.47 bits per heavy atom. The minimum absolute atomic E-state index is 0.0262. The normalized spacial score (nSPS) is 14.7. The number of anilines is 2. The first-order valence-corrected chi connectivity index (χ1v) is 5.36. The number of nitrogens with one attached hydrogen (secondary N) is 1. The molecule has 1 aliphatic heterocycles. The van der Waals surface area contributed by atoms with Crippen LogP contribution in [0.4, 0.5) is 11.4 Å². The van der Waals surface area contributed by atoms with Crippen LogP contribution < -0.4 is 10.2 Å². The number of carbonyl (C=O) groups is 2. The lowest BCUT2D eigenvalue weighted by atomic mass is 10.1. The first-order chi connectivity index (χ1) is 8.13. The summed E-state index contributed by atoms with van der Waals surface area (Å²) in [5.41, 5.74) is 2.00. The van der Waals surface area contributed by atoms with Gasteiger partial charge in [-0.2, -0.15) is 0 Å². The number of hydrogen-bond donors (Lipinski definition) is 1. The molecule has 17 heavy (non-hydrogen) atoms. The summed E-state index contributed by atoms with van der Waals surface area (Å²) in [6.45, 7) is 0.605. The van der Waals surface area contributed by atoms with Crippen LogP contribution in [-0.4, -0.2) is 32.6 Å². The van der Waals surface area contributed by atoms with Gasteiger partial charge in [0.15, 0.2) is 0 Å². The monoisotopic (exact) mass is 234 g/mol. The molecule has 1 N–H and O–H groups in total. The van der Waals surface area contributed by atoms with E-state index in [1.165, 1.54) is 7.11 Å². The number of carbonyl (C=O) groups excluding carboxylic acids is 2. The molecule has 0 saturated carbocycles. The highest BCUT2D eigenvalue weighted by molar-refractivity contribution is 6.00. The Balaban J connectivity index is 2.45. The summed E-state index contributed by atoms with van der Waals surface area (Å²) in [6, 6.07) is 5.13. The van der Waals surface area contributed by atoms with E-state index < -0.39 is 5.97 Å². The van der Waals surface area contributed by atoms with Gasteiger partial charge in [-0.1, -0.05) is 0 Å². The molecule has 1 amide bonds. The predicted octanol–water partition coefficient (Wildman–Crippen LogP) is 1.25. The van der Waals surface area contributed by atoms with Crippen molar-refractivity contribution in [2.45, 2.75) is 6.42 Å². The summed E-state index contributed by atoms with van der Waals surface area (Å²) in [5.74, 6) is -0.379. The summed E-state index contributed by atoms with van der Waals surface area (Å²) in [5, 5.41) is 3.16. The standard InChI is InChI=1S/C12H14N2O3/c1-14-10-7-8(12(16)17-2)3-4-9(10)13-6-5-11(14)15/h3-4,7,13H,5-6H2,1-2H3. The summed E-state index contributed by atoms with van der Waals surface area (Å²) >= 11 is 0. The molecule has 0 atom stereocenters. The first-order valence-electron chi connectivity index (χ1n) is 5.36. The minimum Gasteiger partial charge on any atom is -0.465 e. The summed E-state index contributed by atoms with van der Waals surface area (Å²) in [7, 11) is 3.04. The Labute approximate surface area is 99.4 Å². The number of nitrogens with zero attached hydrogens (tertiary/aromatic N) is 1. The fraction of sp³-hybridized carbons (Fsp3) is 0.333. The molecule has 5 nitrogen and oxygen atoms in total. The van der Waals surface area contributed by atoms with Gasteiger partial charge in [0.25, 0.3) is 0 Å². The van der Waals surface area contributed by atoms with Crippen molar-refractivity contribution in [3.63, 3.8) is 0 Å². The van der Waals surface area contributed by atoms with Gasteiger partial charge in [0.2, 0.25) is 5.91 Å². The van der Waals surface area contributed by atoms with Crippen molar-refractivity contribution in [1.82, 2.24) is 0 Å². The average Bonchev–Trinajstić information content (AvgIpc) is 2.49. The Morgan fingerprint density at radius 2 is 2.24 bits per heavy atom. The van der Waals surface area contributed by atoms with E-state index in [2.05, 4.69) is 10.1 Å². The van der Waals surface area contributed by atoms with Gasteiger partial charge in [-0.25, -0.2) is 4.79 Å². The molecule has 1 aromatic carbocycles. The van der Waals surface area contributed by atoms with Crippen LogP contribution in [0.2, 0.25) is 0 Å². The summed E-state index contributed by atoms with van der Waals surface area (Å²) in [6.07, 6.45) is 0.443. The van der Waals surface area contributed by atoms with Crippen molar-refractivity contribution in [3.05, 3.63) is 23.8 Å². The highest BCUT2D eigenvalue weighted by Crippen LogP contribution is 2.29. The van der Waals surface area contributed by atoms with Crippen LogP contribution in [0.1, 0.15) is 16.8 Å². The smallest absolute Gasteiger partial charge is 0.337 e. The SMILES string of the molecule is COC(=O)c1ccc2c(c1)N(C)C(=O)CCN2. The van der Waals surface area contributed by atoms with Crippen molar-refractivity contribution < 1.29 is 14.3 Å². The van der Waals surface area contributed by atoms with E-state index in [0.717, 1.165) is 5.69 Å². The van der Waals surface area contributed by atoms with Gasteiger partial charge in [-0.15, -0.1) is 0 Å². The molecule has 0 spiro atoms. The molecular weight excluding hydrogens is 220 g/mol. The molecule has 2 rings (SSSR count). The fourth-order valence-electron chi connectivity index (χ4n) is 1.81. The van der Waals surface area contributed by atoms with Crippen molar-refractivity contribution >= 4 is 23.3 Å². The number of methoxy groups -OCH3 is 1. The van der Waals surface area contributed by atoms with Crippen LogP contribution in [0, 0.1) is 0 Å². The van der Waals surface area contributed by atoms with Gasteiger partial charge in [0.1, 0.15) is 0 Å². The Kier molecular flexibility index (Phi) is 2.99. The molecule has 0 bridgehead atoms. The maximum Gasteiger partial charge on any atom is 0.337 e. The van der Waals surface area contributed by atoms with Gasteiger partial charge >= 0.3 is 5.97 Å². The third kappa shape index (κ3) is 2.08. The number of benzene rings is 1. The zero-order valence-corrected chi connectivity index (χ0v) is 9.82.